The highest BCUT2D eigenvalue weighted by Crippen LogP contribution is 2.27. The van der Waals surface area contributed by atoms with E-state index in [1.165, 1.54) is 0 Å². The highest BCUT2D eigenvalue weighted by molar-refractivity contribution is 5.19. The molecule has 18 heavy (non-hydrogen) atoms. The summed E-state index contributed by atoms with van der Waals surface area (Å²) in [7, 11) is 1.74. The van der Waals surface area contributed by atoms with Crippen molar-refractivity contribution in [3.05, 3.63) is 35.9 Å². The average Bonchev–Trinajstić information content (AvgIpc) is 2.34. The minimum absolute atomic E-state index is 0.00134. The molecule has 0 aliphatic rings. The Kier molecular flexibility index (Phi) is 5.79. The van der Waals surface area contributed by atoms with E-state index in [4.69, 9.17) is 10.6 Å². The van der Waals surface area contributed by atoms with Gasteiger partial charge < -0.3 is 4.74 Å². The van der Waals surface area contributed by atoms with Gasteiger partial charge in [-0.15, -0.1) is 0 Å². The number of rotatable bonds is 6. The Bertz CT molecular complexity index is 332. The van der Waals surface area contributed by atoms with E-state index in [0.29, 0.717) is 5.41 Å². The molecule has 3 nitrogen and oxygen atoms in total. The van der Waals surface area contributed by atoms with Gasteiger partial charge in [0.1, 0.15) is 0 Å². The molecule has 1 aromatic rings. The van der Waals surface area contributed by atoms with Crippen LogP contribution in [0.2, 0.25) is 0 Å². The van der Waals surface area contributed by atoms with Crippen LogP contribution >= 0.6 is 0 Å². The van der Waals surface area contributed by atoms with Crippen LogP contribution in [0.4, 0.5) is 0 Å². The van der Waals surface area contributed by atoms with Crippen molar-refractivity contribution in [2.24, 2.45) is 11.3 Å². The van der Waals surface area contributed by atoms with Gasteiger partial charge in [0.2, 0.25) is 0 Å². The number of nitrogens with one attached hydrogen (secondary N) is 1. The van der Waals surface area contributed by atoms with Crippen molar-refractivity contribution in [2.75, 3.05) is 7.11 Å². The minimum atomic E-state index is -0.00134. The van der Waals surface area contributed by atoms with Crippen LogP contribution in [0.5, 0.6) is 0 Å². The minimum Gasteiger partial charge on any atom is -0.375 e. The monoisotopic (exact) mass is 250 g/mol. The molecular weight excluding hydrogens is 224 g/mol. The number of ether oxygens (including phenoxy) is 1. The van der Waals surface area contributed by atoms with Gasteiger partial charge in [-0.05, 0) is 23.8 Å². The third kappa shape index (κ3) is 4.77. The van der Waals surface area contributed by atoms with Gasteiger partial charge in [-0.2, -0.15) is 0 Å². The zero-order valence-electron chi connectivity index (χ0n) is 11.9. The Hall–Kier alpha value is -0.900. The summed E-state index contributed by atoms with van der Waals surface area (Å²) >= 11 is 0. The summed E-state index contributed by atoms with van der Waals surface area (Å²) in [5.74, 6) is 5.69. The number of hydrazine groups is 1. The number of hydrogen-bond acceptors (Lipinski definition) is 3. The van der Waals surface area contributed by atoms with Crippen LogP contribution in [0.1, 0.15) is 45.3 Å². The largest absolute Gasteiger partial charge is 0.375 e. The van der Waals surface area contributed by atoms with Crippen LogP contribution in [0.25, 0.3) is 0 Å². The third-order valence-electron chi connectivity index (χ3n) is 3.17. The lowest BCUT2D eigenvalue weighted by molar-refractivity contribution is 0.0609. The van der Waals surface area contributed by atoms with Crippen LogP contribution in [-0.2, 0) is 4.74 Å². The molecule has 2 atom stereocenters. The highest BCUT2D eigenvalue weighted by Gasteiger charge is 2.23. The van der Waals surface area contributed by atoms with Gasteiger partial charge >= 0.3 is 0 Å². The molecule has 2 unspecified atom stereocenters. The summed E-state index contributed by atoms with van der Waals surface area (Å²) in [6.45, 7) is 6.72. The molecule has 3 N–H and O–H groups in total. The number of hydrogen-bond donors (Lipinski definition) is 2. The molecule has 0 aliphatic heterocycles. The van der Waals surface area contributed by atoms with Crippen molar-refractivity contribution >= 4 is 0 Å². The summed E-state index contributed by atoms with van der Waals surface area (Å²) in [6, 6.07) is 10.4. The van der Waals surface area contributed by atoms with Crippen molar-refractivity contribution < 1.29 is 4.74 Å². The van der Waals surface area contributed by atoms with E-state index in [0.717, 1.165) is 18.4 Å². The van der Waals surface area contributed by atoms with Gasteiger partial charge in [-0.25, -0.2) is 0 Å². The molecule has 0 heterocycles. The summed E-state index contributed by atoms with van der Waals surface area (Å²) in [5.41, 5.74) is 4.37. The zero-order valence-corrected chi connectivity index (χ0v) is 11.9. The summed E-state index contributed by atoms with van der Waals surface area (Å²) in [4.78, 5) is 0. The van der Waals surface area contributed by atoms with E-state index in [9.17, 15) is 0 Å². The fourth-order valence-electron chi connectivity index (χ4n) is 2.09. The van der Waals surface area contributed by atoms with E-state index in [1.807, 2.05) is 18.2 Å². The first-order chi connectivity index (χ1) is 8.48. The molecule has 0 aliphatic carbocycles. The van der Waals surface area contributed by atoms with Crippen LogP contribution in [-0.4, -0.2) is 13.2 Å². The molecule has 1 rings (SSSR count). The quantitative estimate of drug-likeness (QED) is 0.602. The molecule has 0 spiro atoms. The van der Waals surface area contributed by atoms with Crippen molar-refractivity contribution in [2.45, 2.75) is 45.8 Å². The lowest BCUT2D eigenvalue weighted by Crippen LogP contribution is -2.41. The molecule has 0 fully saturated rings. The van der Waals surface area contributed by atoms with Crippen molar-refractivity contribution in [3.63, 3.8) is 0 Å². The van der Waals surface area contributed by atoms with E-state index >= 15 is 0 Å². The number of benzene rings is 1. The van der Waals surface area contributed by atoms with Crippen LogP contribution in [0.3, 0.4) is 0 Å². The molecule has 0 radical (unpaired) electrons. The summed E-state index contributed by atoms with van der Waals surface area (Å²) in [5, 5.41) is 0. The standard InChI is InChI=1S/C15H26N2O/c1-15(2,3)11-10-13(17-16)14(18-4)12-8-6-5-7-9-12/h5-9,13-14,17H,10-11,16H2,1-4H3. The van der Waals surface area contributed by atoms with Crippen LogP contribution < -0.4 is 11.3 Å². The van der Waals surface area contributed by atoms with Crippen molar-refractivity contribution in [3.8, 4) is 0 Å². The Morgan fingerprint density at radius 2 is 1.83 bits per heavy atom. The Morgan fingerprint density at radius 3 is 2.28 bits per heavy atom. The molecule has 1 aromatic carbocycles. The summed E-state index contributed by atoms with van der Waals surface area (Å²) < 4.78 is 5.61. The normalized spacial score (nSPS) is 15.4. The third-order valence-corrected chi connectivity index (χ3v) is 3.17. The van der Waals surface area contributed by atoms with Gasteiger partial charge in [0.15, 0.2) is 0 Å². The molecule has 3 heteroatoms. The predicted octanol–water partition coefficient (Wildman–Crippen LogP) is 3.03. The summed E-state index contributed by atoms with van der Waals surface area (Å²) in [6.07, 6.45) is 2.10. The number of methoxy groups -OCH3 is 1. The zero-order chi connectivity index (χ0) is 13.6. The smallest absolute Gasteiger partial charge is 0.0987 e. The molecule has 0 amide bonds. The number of nitrogens with two attached hydrogens (primary N) is 1. The van der Waals surface area contributed by atoms with Gasteiger partial charge in [-0.1, -0.05) is 51.1 Å². The van der Waals surface area contributed by atoms with Crippen molar-refractivity contribution in [1.29, 1.82) is 0 Å². The maximum Gasteiger partial charge on any atom is 0.0987 e. The fraction of sp³-hybridized carbons (Fsp3) is 0.600. The second-order valence-electron chi connectivity index (χ2n) is 5.94. The van der Waals surface area contributed by atoms with Gasteiger partial charge in [0.25, 0.3) is 0 Å². The topological polar surface area (TPSA) is 47.3 Å². The van der Waals surface area contributed by atoms with Gasteiger partial charge in [-0.3, -0.25) is 11.3 Å². The Balaban J connectivity index is 2.72. The maximum atomic E-state index is 5.69. The van der Waals surface area contributed by atoms with Crippen molar-refractivity contribution in [1.82, 2.24) is 5.43 Å². The lowest BCUT2D eigenvalue weighted by atomic mass is 9.86. The molecule has 0 saturated carbocycles. The lowest BCUT2D eigenvalue weighted by Gasteiger charge is -2.28. The average molecular weight is 250 g/mol. The van der Waals surface area contributed by atoms with Gasteiger partial charge in [0, 0.05) is 7.11 Å². The Morgan fingerprint density at radius 1 is 1.22 bits per heavy atom. The predicted molar refractivity (Wildman–Crippen MR) is 76.0 cm³/mol. The molecule has 0 saturated heterocycles. The first kappa shape index (κ1) is 15.2. The van der Waals surface area contributed by atoms with E-state index < -0.39 is 0 Å². The Labute approximate surface area is 111 Å². The van der Waals surface area contributed by atoms with E-state index in [1.54, 1.807) is 7.11 Å². The van der Waals surface area contributed by atoms with Crippen LogP contribution in [0, 0.1) is 5.41 Å². The van der Waals surface area contributed by atoms with E-state index in [2.05, 4.69) is 38.3 Å². The second-order valence-corrected chi connectivity index (χ2v) is 5.94. The van der Waals surface area contributed by atoms with E-state index in [-0.39, 0.29) is 12.1 Å². The molecule has 102 valence electrons. The first-order valence-electron chi connectivity index (χ1n) is 6.52. The molecule has 0 bridgehead atoms. The first-order valence-corrected chi connectivity index (χ1v) is 6.52. The van der Waals surface area contributed by atoms with Crippen LogP contribution in [0.15, 0.2) is 30.3 Å². The highest BCUT2D eigenvalue weighted by atomic mass is 16.5. The second kappa shape index (κ2) is 6.88. The van der Waals surface area contributed by atoms with Gasteiger partial charge in [0.05, 0.1) is 12.1 Å². The maximum absolute atomic E-state index is 5.69. The SMILES string of the molecule is COC(c1ccccc1)C(CCC(C)(C)C)NN. The molecule has 0 aromatic heterocycles. The molecular formula is C15H26N2O. The fourth-order valence-corrected chi connectivity index (χ4v) is 2.09.